The maximum atomic E-state index is 11.9. The van der Waals surface area contributed by atoms with Crippen molar-refractivity contribution in [2.45, 2.75) is 6.36 Å². The number of hydrogen-bond donors (Lipinski definition) is 0. The van der Waals surface area contributed by atoms with Crippen LogP contribution in [0.5, 0.6) is 5.75 Å². The molecule has 0 aliphatic rings. The minimum atomic E-state index is -4.66. The van der Waals surface area contributed by atoms with Gasteiger partial charge in [0.1, 0.15) is 5.75 Å². The maximum absolute atomic E-state index is 11.9. The number of halogens is 4. The van der Waals surface area contributed by atoms with Crippen molar-refractivity contribution < 1.29 is 17.9 Å². The lowest BCUT2D eigenvalue weighted by Gasteiger charge is -2.07. The molecule has 2 nitrogen and oxygen atoms in total. The van der Waals surface area contributed by atoms with Crippen LogP contribution < -0.4 is 4.74 Å². The van der Waals surface area contributed by atoms with Crippen molar-refractivity contribution in [3.8, 4) is 5.75 Å². The Morgan fingerprint density at radius 3 is 2.73 bits per heavy atom. The summed E-state index contributed by atoms with van der Waals surface area (Å²) >= 11 is 3.43. The smallest absolute Gasteiger partial charge is 0.406 e. The Labute approximate surface area is 100 Å². The zero-order chi connectivity index (χ0) is 11.1. The second kappa shape index (κ2) is 3.78. The molecular weight excluding hydrogens is 342 g/mol. The summed E-state index contributed by atoms with van der Waals surface area (Å²) in [6.07, 6.45) is -4.66. The third-order valence-corrected chi connectivity index (χ3v) is 3.29. The van der Waals surface area contributed by atoms with Crippen molar-refractivity contribution in [3.63, 3.8) is 0 Å². The molecule has 15 heavy (non-hydrogen) atoms. The summed E-state index contributed by atoms with van der Waals surface area (Å²) in [5.74, 6) is -0.239. The fourth-order valence-electron chi connectivity index (χ4n) is 1.08. The van der Waals surface area contributed by atoms with E-state index in [0.29, 0.717) is 5.52 Å². The molecule has 2 aromatic rings. The van der Waals surface area contributed by atoms with E-state index in [2.05, 4.69) is 9.72 Å². The molecule has 0 saturated heterocycles. The van der Waals surface area contributed by atoms with E-state index in [9.17, 15) is 13.2 Å². The Kier molecular flexibility index (Phi) is 2.75. The lowest BCUT2D eigenvalue weighted by molar-refractivity contribution is -0.274. The van der Waals surface area contributed by atoms with Crippen molar-refractivity contribution in [2.75, 3.05) is 0 Å². The zero-order valence-electron chi connectivity index (χ0n) is 7.01. The summed E-state index contributed by atoms with van der Waals surface area (Å²) in [6, 6.07) is 4.13. The number of ether oxygens (including phenoxy) is 1. The normalized spacial score (nSPS) is 12.0. The minimum absolute atomic E-state index is 0.239. The first kappa shape index (κ1) is 10.9. The molecule has 2 rings (SSSR count). The highest BCUT2D eigenvalue weighted by molar-refractivity contribution is 14.1. The molecule has 0 fully saturated rings. The minimum Gasteiger partial charge on any atom is -0.406 e. The second-order valence-electron chi connectivity index (χ2n) is 2.64. The van der Waals surface area contributed by atoms with E-state index in [4.69, 9.17) is 0 Å². The number of fused-ring (bicyclic) bond motifs is 1. The molecule has 7 heteroatoms. The Bertz CT molecular complexity index is 496. The van der Waals surface area contributed by atoms with E-state index in [1.165, 1.54) is 23.5 Å². The van der Waals surface area contributed by atoms with Gasteiger partial charge in [-0.1, -0.05) is 0 Å². The average Bonchev–Trinajstić information content (AvgIpc) is 2.40. The fraction of sp³-hybridized carbons (Fsp3) is 0.125. The van der Waals surface area contributed by atoms with Crippen LogP contribution in [0.3, 0.4) is 0 Å². The summed E-state index contributed by atoms with van der Waals surface area (Å²) in [5.41, 5.74) is 0.520. The Morgan fingerprint density at radius 1 is 1.33 bits per heavy atom. The van der Waals surface area contributed by atoms with Gasteiger partial charge in [-0.05, 0) is 34.7 Å². The molecule has 0 aliphatic carbocycles. The summed E-state index contributed by atoms with van der Waals surface area (Å²) in [6.45, 7) is 0. The van der Waals surface area contributed by atoms with E-state index in [1.54, 1.807) is 6.07 Å². The number of alkyl halides is 3. The number of nitrogens with zero attached hydrogens (tertiary/aromatic N) is 1. The van der Waals surface area contributed by atoms with Crippen molar-refractivity contribution >= 4 is 44.1 Å². The van der Waals surface area contributed by atoms with Gasteiger partial charge in [0.15, 0.2) is 3.01 Å². The van der Waals surface area contributed by atoms with E-state index < -0.39 is 6.36 Å². The summed E-state index contributed by atoms with van der Waals surface area (Å²) < 4.78 is 41.1. The number of rotatable bonds is 1. The topological polar surface area (TPSA) is 22.1 Å². The van der Waals surface area contributed by atoms with Gasteiger partial charge in [-0.3, -0.25) is 0 Å². The summed E-state index contributed by atoms with van der Waals surface area (Å²) in [5, 5.41) is 0. The number of thiazole rings is 1. The third-order valence-electron chi connectivity index (χ3n) is 1.57. The van der Waals surface area contributed by atoms with Gasteiger partial charge in [0, 0.05) is 6.07 Å². The number of benzene rings is 1. The molecule has 0 bridgehead atoms. The van der Waals surface area contributed by atoms with Gasteiger partial charge in [0.05, 0.1) is 10.2 Å². The van der Waals surface area contributed by atoms with Gasteiger partial charge in [-0.15, -0.1) is 24.5 Å². The fourth-order valence-corrected chi connectivity index (χ4v) is 2.72. The van der Waals surface area contributed by atoms with Crippen LogP contribution in [0.25, 0.3) is 10.2 Å². The summed E-state index contributed by atoms with van der Waals surface area (Å²) in [7, 11) is 0. The lowest BCUT2D eigenvalue weighted by atomic mass is 10.3. The SMILES string of the molecule is FC(F)(F)Oc1ccc2sc(I)nc2c1. The molecule has 0 radical (unpaired) electrons. The highest BCUT2D eigenvalue weighted by Gasteiger charge is 2.31. The quantitative estimate of drug-likeness (QED) is 0.734. The van der Waals surface area contributed by atoms with Gasteiger partial charge in [0.2, 0.25) is 0 Å². The van der Waals surface area contributed by atoms with Gasteiger partial charge in [0.25, 0.3) is 0 Å². The van der Waals surface area contributed by atoms with E-state index in [1.807, 2.05) is 22.6 Å². The van der Waals surface area contributed by atoms with E-state index in [0.717, 1.165) is 7.71 Å². The monoisotopic (exact) mass is 345 g/mol. The summed E-state index contributed by atoms with van der Waals surface area (Å²) in [4.78, 5) is 4.06. The highest BCUT2D eigenvalue weighted by atomic mass is 127. The van der Waals surface area contributed by atoms with Crippen molar-refractivity contribution in [1.29, 1.82) is 0 Å². The largest absolute Gasteiger partial charge is 0.573 e. The zero-order valence-corrected chi connectivity index (χ0v) is 9.98. The standard InChI is InChI=1S/C8H3F3INOS/c9-8(10,11)14-4-1-2-6-5(3-4)13-7(12)15-6/h1-3H. The average molecular weight is 345 g/mol. The first-order valence-electron chi connectivity index (χ1n) is 3.76. The van der Waals surface area contributed by atoms with Gasteiger partial charge < -0.3 is 4.74 Å². The van der Waals surface area contributed by atoms with Gasteiger partial charge >= 0.3 is 6.36 Å². The Hall–Kier alpha value is -0.570. The van der Waals surface area contributed by atoms with Gasteiger partial charge in [-0.2, -0.15) is 0 Å². The van der Waals surface area contributed by atoms with E-state index in [-0.39, 0.29) is 5.75 Å². The molecule has 1 heterocycles. The molecule has 80 valence electrons. The highest BCUT2D eigenvalue weighted by Crippen LogP contribution is 2.29. The molecule has 0 unspecified atom stereocenters. The van der Waals surface area contributed by atoms with E-state index >= 15 is 0 Å². The first-order valence-corrected chi connectivity index (χ1v) is 5.65. The third kappa shape index (κ3) is 2.71. The molecule has 1 aromatic heterocycles. The molecule has 1 aromatic carbocycles. The van der Waals surface area contributed by atoms with Crippen LogP contribution in [-0.2, 0) is 0 Å². The lowest BCUT2D eigenvalue weighted by Crippen LogP contribution is -2.16. The maximum Gasteiger partial charge on any atom is 0.573 e. The molecule has 0 aliphatic heterocycles. The van der Waals surface area contributed by atoms with Crippen molar-refractivity contribution in [1.82, 2.24) is 4.98 Å². The second-order valence-corrected chi connectivity index (χ2v) is 5.43. The molecule has 0 N–H and O–H groups in total. The molecule has 0 amide bonds. The molecular formula is C8H3F3INOS. The Balaban J connectivity index is 2.38. The van der Waals surface area contributed by atoms with Crippen LogP contribution >= 0.6 is 33.9 Å². The Morgan fingerprint density at radius 2 is 2.07 bits per heavy atom. The molecule has 0 saturated carbocycles. The number of hydrogen-bond acceptors (Lipinski definition) is 3. The predicted octanol–water partition coefficient (Wildman–Crippen LogP) is 3.80. The van der Waals surface area contributed by atoms with Crippen LogP contribution in [0, 0.1) is 3.01 Å². The first-order chi connectivity index (χ1) is 6.94. The van der Waals surface area contributed by atoms with Crippen LogP contribution in [0.2, 0.25) is 0 Å². The van der Waals surface area contributed by atoms with Gasteiger partial charge in [-0.25, -0.2) is 4.98 Å². The number of aromatic nitrogens is 1. The van der Waals surface area contributed by atoms with Crippen LogP contribution in [0.1, 0.15) is 0 Å². The molecule has 0 spiro atoms. The van der Waals surface area contributed by atoms with Crippen molar-refractivity contribution in [2.24, 2.45) is 0 Å². The van der Waals surface area contributed by atoms with Crippen molar-refractivity contribution in [3.05, 3.63) is 21.2 Å². The van der Waals surface area contributed by atoms with Crippen LogP contribution in [0.4, 0.5) is 13.2 Å². The van der Waals surface area contributed by atoms with Crippen LogP contribution in [-0.4, -0.2) is 11.3 Å². The molecule has 0 atom stereocenters. The predicted molar refractivity (Wildman–Crippen MR) is 59.0 cm³/mol. The van der Waals surface area contributed by atoms with Crippen LogP contribution in [0.15, 0.2) is 18.2 Å².